The summed E-state index contributed by atoms with van der Waals surface area (Å²) in [6.45, 7) is 3.19. The molecule has 0 saturated heterocycles. The molecule has 0 bridgehead atoms. The fourth-order valence-electron chi connectivity index (χ4n) is 3.00. The van der Waals surface area contributed by atoms with E-state index in [4.69, 9.17) is 21.5 Å². The number of aliphatic hydroxyl groups is 1. The van der Waals surface area contributed by atoms with E-state index in [0.29, 0.717) is 11.4 Å². The Morgan fingerprint density at radius 3 is 2.75 bits per heavy atom. The van der Waals surface area contributed by atoms with Crippen LogP contribution in [0.1, 0.15) is 15.9 Å². The number of rotatable bonds is 10. The average molecular weight is 508 g/mol. The number of hydrogen-bond donors (Lipinski definition) is 4. The average Bonchev–Trinajstić information content (AvgIpc) is 2.90. The van der Waals surface area contributed by atoms with Crippen molar-refractivity contribution in [3.8, 4) is 6.07 Å². The van der Waals surface area contributed by atoms with Gasteiger partial charge in [-0.25, -0.2) is 10.5 Å². The van der Waals surface area contributed by atoms with Gasteiger partial charge in [0.1, 0.15) is 11.1 Å². The van der Waals surface area contributed by atoms with E-state index < -0.39 is 5.91 Å². The van der Waals surface area contributed by atoms with Gasteiger partial charge in [0, 0.05) is 12.6 Å². The Kier molecular flexibility index (Phi) is 8.90. The van der Waals surface area contributed by atoms with Gasteiger partial charge in [-0.05, 0) is 36.4 Å². The smallest absolute Gasteiger partial charge is 0.274 e. The standard InChI is InChI=1S/C24H22ClN7O4/c1-3-21(34)32(2)20-7-5-4-6-18(20)28-22-17(25)14-27-24(30-22)29-19-12-15(8-9-16(19)13-26)23(35)31-36-11-10-33/h3-9,12,14,33H,1,10-11H2,2H3,(H,31,35)(H2,27,28,29,30). The van der Waals surface area contributed by atoms with Crippen LogP contribution in [0.2, 0.25) is 5.02 Å². The van der Waals surface area contributed by atoms with Crippen molar-refractivity contribution in [2.45, 2.75) is 0 Å². The molecule has 0 atom stereocenters. The van der Waals surface area contributed by atoms with Crippen LogP contribution in [-0.2, 0) is 9.63 Å². The van der Waals surface area contributed by atoms with Crippen LogP contribution < -0.4 is 21.0 Å². The first-order valence-corrected chi connectivity index (χ1v) is 10.9. The lowest BCUT2D eigenvalue weighted by Gasteiger charge is -2.20. The highest BCUT2D eigenvalue weighted by Gasteiger charge is 2.15. The summed E-state index contributed by atoms with van der Waals surface area (Å²) in [7, 11) is 1.61. The zero-order valence-electron chi connectivity index (χ0n) is 19.2. The molecule has 4 N–H and O–H groups in total. The van der Waals surface area contributed by atoms with Crippen LogP contribution in [0.25, 0.3) is 0 Å². The number of hydroxylamine groups is 1. The highest BCUT2D eigenvalue weighted by molar-refractivity contribution is 6.33. The third-order valence-electron chi connectivity index (χ3n) is 4.77. The molecule has 0 radical (unpaired) electrons. The van der Waals surface area contributed by atoms with Crippen molar-refractivity contribution >= 4 is 52.2 Å². The molecule has 36 heavy (non-hydrogen) atoms. The first-order chi connectivity index (χ1) is 17.4. The highest BCUT2D eigenvalue weighted by atomic mass is 35.5. The van der Waals surface area contributed by atoms with Crippen LogP contribution in [0, 0.1) is 11.3 Å². The van der Waals surface area contributed by atoms with Gasteiger partial charge in [-0.1, -0.05) is 30.3 Å². The Balaban J connectivity index is 1.88. The number of likely N-dealkylation sites (N-methyl/N-ethyl adjacent to an activating group) is 1. The molecule has 0 unspecified atom stereocenters. The Hall–Kier alpha value is -4.50. The van der Waals surface area contributed by atoms with Crippen molar-refractivity contribution in [2.75, 3.05) is 35.8 Å². The van der Waals surface area contributed by atoms with Crippen LogP contribution in [0.3, 0.4) is 0 Å². The molecule has 3 aromatic rings. The summed E-state index contributed by atoms with van der Waals surface area (Å²) in [5, 5.41) is 24.5. The molecule has 0 aliphatic heterocycles. The number of nitrogens with zero attached hydrogens (tertiary/aromatic N) is 4. The number of nitriles is 1. The van der Waals surface area contributed by atoms with Gasteiger partial charge in [0.25, 0.3) is 5.91 Å². The van der Waals surface area contributed by atoms with Gasteiger partial charge in [-0.15, -0.1) is 0 Å². The van der Waals surface area contributed by atoms with Crippen molar-refractivity contribution in [3.05, 3.63) is 77.5 Å². The van der Waals surface area contributed by atoms with E-state index in [1.807, 2.05) is 6.07 Å². The molecule has 0 saturated carbocycles. The number of halogens is 1. The van der Waals surface area contributed by atoms with Gasteiger partial charge in [-0.3, -0.25) is 14.4 Å². The van der Waals surface area contributed by atoms with Crippen LogP contribution >= 0.6 is 11.6 Å². The molecule has 0 spiro atoms. The monoisotopic (exact) mass is 507 g/mol. The lowest BCUT2D eigenvalue weighted by atomic mass is 10.1. The number of para-hydroxylation sites is 2. The van der Waals surface area contributed by atoms with E-state index >= 15 is 0 Å². The number of amides is 2. The SMILES string of the molecule is C=CC(=O)N(C)c1ccccc1Nc1nc(Nc2cc(C(=O)NOCCO)ccc2C#N)ncc1Cl. The number of carbonyl (C=O) groups is 2. The van der Waals surface area contributed by atoms with E-state index in [9.17, 15) is 14.9 Å². The summed E-state index contributed by atoms with van der Waals surface area (Å²) in [5.74, 6) is -0.522. The first-order valence-electron chi connectivity index (χ1n) is 10.5. The molecular formula is C24H22ClN7O4. The normalized spacial score (nSPS) is 10.2. The highest BCUT2D eigenvalue weighted by Crippen LogP contribution is 2.31. The van der Waals surface area contributed by atoms with Crippen molar-refractivity contribution in [1.29, 1.82) is 5.26 Å². The van der Waals surface area contributed by atoms with Crippen molar-refractivity contribution in [2.24, 2.45) is 0 Å². The molecule has 0 aliphatic carbocycles. The summed E-state index contributed by atoms with van der Waals surface area (Å²) in [5.41, 5.74) is 4.04. The molecule has 1 aromatic heterocycles. The molecule has 0 fully saturated rings. The predicted molar refractivity (Wildman–Crippen MR) is 135 cm³/mol. The molecule has 12 heteroatoms. The maximum atomic E-state index is 12.3. The van der Waals surface area contributed by atoms with Crippen molar-refractivity contribution < 1.29 is 19.5 Å². The maximum absolute atomic E-state index is 12.3. The van der Waals surface area contributed by atoms with E-state index in [0.717, 1.165) is 0 Å². The first kappa shape index (κ1) is 26.1. The molecule has 11 nitrogen and oxygen atoms in total. The number of anilines is 5. The fourth-order valence-corrected chi connectivity index (χ4v) is 3.14. The Bertz CT molecular complexity index is 1330. The van der Waals surface area contributed by atoms with Crippen LogP contribution in [0.15, 0.2) is 61.3 Å². The molecular weight excluding hydrogens is 486 g/mol. The van der Waals surface area contributed by atoms with Gasteiger partial charge in [0.05, 0.1) is 42.0 Å². The molecule has 0 aliphatic rings. The topological polar surface area (TPSA) is 152 Å². The third kappa shape index (κ3) is 6.34. The number of hydrogen-bond acceptors (Lipinski definition) is 9. The van der Waals surface area contributed by atoms with Gasteiger partial charge in [0.15, 0.2) is 5.82 Å². The predicted octanol–water partition coefficient (Wildman–Crippen LogP) is 3.29. The van der Waals surface area contributed by atoms with Gasteiger partial charge in [-0.2, -0.15) is 10.2 Å². The van der Waals surface area contributed by atoms with Crippen LogP contribution in [-0.4, -0.2) is 47.2 Å². The Morgan fingerprint density at radius 1 is 1.25 bits per heavy atom. The molecule has 2 aromatic carbocycles. The Labute approximate surface area is 212 Å². The number of benzene rings is 2. The van der Waals surface area contributed by atoms with Gasteiger partial charge < -0.3 is 20.6 Å². The molecule has 3 rings (SSSR count). The fraction of sp³-hybridized carbons (Fsp3) is 0.125. The lowest BCUT2D eigenvalue weighted by molar-refractivity contribution is -0.113. The summed E-state index contributed by atoms with van der Waals surface area (Å²) < 4.78 is 0. The zero-order valence-corrected chi connectivity index (χ0v) is 19.9. The minimum Gasteiger partial charge on any atom is -0.394 e. The van der Waals surface area contributed by atoms with Gasteiger partial charge >= 0.3 is 0 Å². The van der Waals surface area contributed by atoms with E-state index in [1.165, 1.54) is 35.4 Å². The second kappa shape index (κ2) is 12.3. The summed E-state index contributed by atoms with van der Waals surface area (Å²) in [6.07, 6.45) is 2.57. The molecule has 1 heterocycles. The summed E-state index contributed by atoms with van der Waals surface area (Å²) >= 11 is 6.31. The number of carbonyl (C=O) groups excluding carboxylic acids is 2. The van der Waals surface area contributed by atoms with Crippen molar-refractivity contribution in [3.63, 3.8) is 0 Å². The van der Waals surface area contributed by atoms with E-state index in [1.54, 1.807) is 31.3 Å². The van der Waals surface area contributed by atoms with Crippen LogP contribution in [0.5, 0.6) is 0 Å². The second-order valence-electron chi connectivity index (χ2n) is 7.13. The largest absolute Gasteiger partial charge is 0.394 e. The lowest BCUT2D eigenvalue weighted by Crippen LogP contribution is -2.25. The number of nitrogens with one attached hydrogen (secondary N) is 3. The number of aromatic nitrogens is 2. The molecule has 2 amide bonds. The summed E-state index contributed by atoms with van der Waals surface area (Å²) in [4.78, 5) is 39.2. The quantitative estimate of drug-likeness (QED) is 0.184. The minimum absolute atomic E-state index is 0.0673. The second-order valence-corrected chi connectivity index (χ2v) is 7.54. The zero-order chi connectivity index (χ0) is 26.1. The Morgan fingerprint density at radius 2 is 2.03 bits per heavy atom. The van der Waals surface area contributed by atoms with E-state index in [2.05, 4.69) is 32.7 Å². The van der Waals surface area contributed by atoms with Crippen LogP contribution in [0.4, 0.5) is 28.8 Å². The van der Waals surface area contributed by atoms with Gasteiger partial charge in [0.2, 0.25) is 11.9 Å². The number of aliphatic hydroxyl groups excluding tert-OH is 1. The minimum atomic E-state index is -0.565. The van der Waals surface area contributed by atoms with E-state index in [-0.39, 0.29) is 52.7 Å². The maximum Gasteiger partial charge on any atom is 0.274 e. The third-order valence-corrected chi connectivity index (χ3v) is 5.05. The van der Waals surface area contributed by atoms with Crippen molar-refractivity contribution in [1.82, 2.24) is 15.4 Å². The molecule has 184 valence electrons. The summed E-state index contributed by atoms with van der Waals surface area (Å²) in [6, 6.07) is 13.5.